The molecular weight excluding hydrogens is 372 g/mol. The maximum absolute atomic E-state index is 12.3. The highest BCUT2D eigenvalue weighted by Gasteiger charge is 2.15. The first-order valence-electron chi connectivity index (χ1n) is 9.21. The fourth-order valence-electron chi connectivity index (χ4n) is 3.06. The molecule has 1 N–H and O–H groups in total. The van der Waals surface area contributed by atoms with Crippen LogP contribution in [0.1, 0.15) is 5.69 Å². The molecule has 1 aliphatic heterocycles. The van der Waals surface area contributed by atoms with Crippen molar-refractivity contribution >= 4 is 28.7 Å². The average molecular weight is 395 g/mol. The van der Waals surface area contributed by atoms with Crippen molar-refractivity contribution < 1.29 is 4.79 Å². The van der Waals surface area contributed by atoms with Gasteiger partial charge in [-0.15, -0.1) is 11.3 Å². The first kappa shape index (κ1) is 18.5. The number of hydrogen-bond donors (Lipinski definition) is 1. The number of likely N-dealkylation sites (N-methyl/N-ethyl adjacent to an activating group) is 1. The molecule has 1 saturated heterocycles. The van der Waals surface area contributed by atoms with Crippen LogP contribution in [0.5, 0.6) is 0 Å². The lowest BCUT2D eigenvalue weighted by atomic mass is 10.3. The van der Waals surface area contributed by atoms with Gasteiger partial charge in [0.25, 0.3) is 0 Å². The van der Waals surface area contributed by atoms with Gasteiger partial charge in [-0.3, -0.25) is 9.78 Å². The third kappa shape index (κ3) is 4.52. The maximum Gasteiger partial charge on any atom is 0.230 e. The highest BCUT2D eigenvalue weighted by atomic mass is 32.1. The Bertz CT molecular complexity index is 919. The fourth-order valence-corrected chi connectivity index (χ4v) is 3.87. The van der Waals surface area contributed by atoms with Gasteiger partial charge in [0.15, 0.2) is 0 Å². The molecule has 1 fully saturated rings. The van der Waals surface area contributed by atoms with Gasteiger partial charge in [-0.1, -0.05) is 0 Å². The zero-order valence-electron chi connectivity index (χ0n) is 15.7. The van der Waals surface area contributed by atoms with E-state index in [1.165, 1.54) is 11.3 Å². The van der Waals surface area contributed by atoms with Crippen LogP contribution in [0, 0.1) is 0 Å². The Morgan fingerprint density at radius 2 is 2.04 bits per heavy atom. The molecule has 0 spiro atoms. The van der Waals surface area contributed by atoms with E-state index in [9.17, 15) is 4.79 Å². The molecule has 0 radical (unpaired) electrons. The molecule has 0 aliphatic carbocycles. The van der Waals surface area contributed by atoms with Crippen molar-refractivity contribution in [2.75, 3.05) is 43.4 Å². The van der Waals surface area contributed by atoms with Crippen LogP contribution < -0.4 is 10.2 Å². The third-order valence-corrected chi connectivity index (χ3v) is 5.60. The zero-order chi connectivity index (χ0) is 19.3. The van der Waals surface area contributed by atoms with E-state index < -0.39 is 0 Å². The summed E-state index contributed by atoms with van der Waals surface area (Å²) in [6, 6.07) is 7.70. The van der Waals surface area contributed by atoms with Crippen LogP contribution >= 0.6 is 11.3 Å². The van der Waals surface area contributed by atoms with Crippen LogP contribution in [0.25, 0.3) is 10.6 Å². The second kappa shape index (κ2) is 8.45. The SMILES string of the molecule is CN1CCN(c2ccc(NC(=O)Cc3csc(-c4cccnc4)n3)cn2)CC1. The van der Waals surface area contributed by atoms with Crippen molar-refractivity contribution in [2.45, 2.75) is 6.42 Å². The number of hydrogen-bond acceptors (Lipinski definition) is 7. The molecule has 3 aromatic rings. The molecule has 3 aromatic heterocycles. The number of carbonyl (C=O) groups excluding carboxylic acids is 1. The first-order valence-corrected chi connectivity index (χ1v) is 10.1. The summed E-state index contributed by atoms with van der Waals surface area (Å²) in [6.07, 6.45) is 5.45. The molecule has 144 valence electrons. The quantitative estimate of drug-likeness (QED) is 0.717. The molecule has 1 amide bonds. The number of pyridine rings is 2. The average Bonchev–Trinajstić information content (AvgIpc) is 3.18. The number of nitrogens with zero attached hydrogens (tertiary/aromatic N) is 5. The Labute approximate surface area is 168 Å². The Hall–Kier alpha value is -2.84. The summed E-state index contributed by atoms with van der Waals surface area (Å²) in [4.78, 5) is 30.1. The van der Waals surface area contributed by atoms with Crippen molar-refractivity contribution in [3.05, 3.63) is 53.9 Å². The van der Waals surface area contributed by atoms with Gasteiger partial charge in [-0.2, -0.15) is 0 Å². The fraction of sp³-hybridized carbons (Fsp3) is 0.300. The highest BCUT2D eigenvalue weighted by molar-refractivity contribution is 7.13. The smallest absolute Gasteiger partial charge is 0.230 e. The van der Waals surface area contributed by atoms with Crippen LogP contribution in [-0.2, 0) is 11.2 Å². The molecular formula is C20H22N6OS. The van der Waals surface area contributed by atoms with Crippen molar-refractivity contribution in [1.82, 2.24) is 19.9 Å². The second-order valence-corrected chi connectivity index (χ2v) is 7.66. The Morgan fingerprint density at radius 3 is 2.75 bits per heavy atom. The van der Waals surface area contributed by atoms with Gasteiger partial charge in [0, 0.05) is 49.5 Å². The molecule has 4 heterocycles. The molecule has 0 atom stereocenters. The molecule has 7 nitrogen and oxygen atoms in total. The summed E-state index contributed by atoms with van der Waals surface area (Å²) >= 11 is 1.52. The van der Waals surface area contributed by atoms with Gasteiger partial charge < -0.3 is 15.1 Å². The second-order valence-electron chi connectivity index (χ2n) is 6.81. The molecule has 8 heteroatoms. The lowest BCUT2D eigenvalue weighted by molar-refractivity contribution is -0.115. The predicted octanol–water partition coefficient (Wildman–Crippen LogP) is 2.53. The summed E-state index contributed by atoms with van der Waals surface area (Å²) in [6.45, 7) is 4.01. The lowest BCUT2D eigenvalue weighted by Gasteiger charge is -2.33. The normalized spacial score (nSPS) is 14.8. The molecule has 4 rings (SSSR count). The van der Waals surface area contributed by atoms with E-state index in [2.05, 4.69) is 37.1 Å². The first-order chi connectivity index (χ1) is 13.7. The summed E-state index contributed by atoms with van der Waals surface area (Å²) in [7, 11) is 2.13. The lowest BCUT2D eigenvalue weighted by Crippen LogP contribution is -2.44. The Morgan fingerprint density at radius 1 is 1.18 bits per heavy atom. The van der Waals surface area contributed by atoms with E-state index in [1.54, 1.807) is 18.6 Å². The number of thiazole rings is 1. The Balaban J connectivity index is 1.33. The summed E-state index contributed by atoms with van der Waals surface area (Å²) in [5, 5.41) is 5.68. The predicted molar refractivity (Wildman–Crippen MR) is 112 cm³/mol. The van der Waals surface area contributed by atoms with Crippen molar-refractivity contribution in [2.24, 2.45) is 0 Å². The molecule has 0 unspecified atom stereocenters. The third-order valence-electron chi connectivity index (χ3n) is 4.66. The van der Waals surface area contributed by atoms with Crippen LogP contribution in [0.15, 0.2) is 48.2 Å². The van der Waals surface area contributed by atoms with E-state index in [0.29, 0.717) is 5.69 Å². The Kier molecular flexibility index (Phi) is 5.59. The summed E-state index contributed by atoms with van der Waals surface area (Å²) in [5.74, 6) is 0.851. The molecule has 0 saturated carbocycles. The number of rotatable bonds is 5. The molecule has 0 bridgehead atoms. The number of piperazine rings is 1. The van der Waals surface area contributed by atoms with E-state index in [0.717, 1.165) is 48.3 Å². The van der Waals surface area contributed by atoms with Gasteiger partial charge >= 0.3 is 0 Å². The minimum Gasteiger partial charge on any atom is -0.354 e. The number of amides is 1. The highest BCUT2D eigenvalue weighted by Crippen LogP contribution is 2.23. The van der Waals surface area contributed by atoms with Crippen LogP contribution in [0.3, 0.4) is 0 Å². The van der Waals surface area contributed by atoms with Gasteiger partial charge in [0.2, 0.25) is 5.91 Å². The monoisotopic (exact) mass is 394 g/mol. The van der Waals surface area contributed by atoms with Gasteiger partial charge in [0.05, 0.1) is 24.0 Å². The van der Waals surface area contributed by atoms with Crippen molar-refractivity contribution in [1.29, 1.82) is 0 Å². The minimum atomic E-state index is -0.0998. The number of carbonyl (C=O) groups is 1. The van der Waals surface area contributed by atoms with Crippen LogP contribution in [0.4, 0.5) is 11.5 Å². The largest absolute Gasteiger partial charge is 0.354 e. The van der Waals surface area contributed by atoms with Crippen LogP contribution in [0.2, 0.25) is 0 Å². The minimum absolute atomic E-state index is 0.0998. The summed E-state index contributed by atoms with van der Waals surface area (Å²) < 4.78 is 0. The topological polar surface area (TPSA) is 74.2 Å². The standard InChI is InChI=1S/C20H22N6OS/c1-25-7-9-26(10-8-25)18-5-4-16(13-22-18)23-19(27)11-17-14-28-20(24-17)15-3-2-6-21-12-15/h2-6,12-14H,7-11H2,1H3,(H,23,27). The number of aromatic nitrogens is 3. The van der Waals surface area contributed by atoms with Crippen molar-refractivity contribution in [3.63, 3.8) is 0 Å². The van der Waals surface area contributed by atoms with E-state index in [4.69, 9.17) is 0 Å². The molecule has 1 aliphatic rings. The molecule has 0 aromatic carbocycles. The molecule has 28 heavy (non-hydrogen) atoms. The zero-order valence-corrected chi connectivity index (χ0v) is 16.5. The van der Waals surface area contributed by atoms with E-state index >= 15 is 0 Å². The van der Waals surface area contributed by atoms with Gasteiger partial charge in [-0.05, 0) is 31.3 Å². The summed E-state index contributed by atoms with van der Waals surface area (Å²) in [5.41, 5.74) is 2.41. The van der Waals surface area contributed by atoms with Crippen LogP contribution in [-0.4, -0.2) is 59.0 Å². The van der Waals surface area contributed by atoms with Gasteiger partial charge in [0.1, 0.15) is 10.8 Å². The number of anilines is 2. The van der Waals surface area contributed by atoms with E-state index in [1.807, 2.05) is 29.6 Å². The maximum atomic E-state index is 12.3. The van der Waals surface area contributed by atoms with Gasteiger partial charge in [-0.25, -0.2) is 9.97 Å². The number of nitrogens with one attached hydrogen (secondary N) is 1. The van der Waals surface area contributed by atoms with E-state index in [-0.39, 0.29) is 12.3 Å². The van der Waals surface area contributed by atoms with Crippen molar-refractivity contribution in [3.8, 4) is 10.6 Å².